The Kier molecular flexibility index (Phi) is 6.79. The van der Waals surface area contributed by atoms with Crippen LogP contribution in [0.15, 0.2) is 194 Å². The first-order valence-corrected chi connectivity index (χ1v) is 21.4. The van der Waals surface area contributed by atoms with E-state index in [9.17, 15) is 0 Å². The molecule has 13 aromatic rings. The lowest BCUT2D eigenvalue weighted by Gasteiger charge is -2.13. The number of nitrogens with zero attached hydrogens (tertiary/aromatic N) is 2. The second-order valence-corrected chi connectivity index (χ2v) is 17.4. The summed E-state index contributed by atoms with van der Waals surface area (Å²) in [5, 5.41) is 10.3. The van der Waals surface area contributed by atoms with Gasteiger partial charge in [-0.15, -0.1) is 22.7 Å². The standard InChI is InChI=1S/C54H32N2S2/c1-2-13-35(14-3-1)55-47-21-9-5-18-42(47)53-37(19-12-22-48(53)55)34-25-27-39-38-15-4-8-20-46(38)56(49(39)30-34)36-31-43(54-45(32-36)41-17-7-11-24-51(41)58-54)33-26-28-52-44(29-33)40-16-6-10-23-50(40)57-52/h1-32H. The van der Waals surface area contributed by atoms with E-state index < -0.39 is 0 Å². The van der Waals surface area contributed by atoms with Gasteiger partial charge in [-0.25, -0.2) is 0 Å². The first-order chi connectivity index (χ1) is 28.8. The number of fused-ring (bicyclic) bond motifs is 12. The van der Waals surface area contributed by atoms with Gasteiger partial charge in [0.05, 0.1) is 22.1 Å². The Balaban J connectivity index is 1.09. The van der Waals surface area contributed by atoms with Crippen LogP contribution in [0.3, 0.4) is 0 Å². The predicted molar refractivity (Wildman–Crippen MR) is 252 cm³/mol. The van der Waals surface area contributed by atoms with Gasteiger partial charge in [-0.05, 0) is 89.5 Å². The molecule has 0 fully saturated rings. The van der Waals surface area contributed by atoms with Crippen molar-refractivity contribution in [2.45, 2.75) is 0 Å². The van der Waals surface area contributed by atoms with E-state index >= 15 is 0 Å². The lowest BCUT2D eigenvalue weighted by Crippen LogP contribution is -1.95. The van der Waals surface area contributed by atoms with E-state index in [2.05, 4.69) is 203 Å². The van der Waals surface area contributed by atoms with Crippen molar-refractivity contribution in [1.29, 1.82) is 0 Å². The summed E-state index contributed by atoms with van der Waals surface area (Å²) in [7, 11) is 0. The topological polar surface area (TPSA) is 9.86 Å². The number of benzene rings is 9. The molecular weight excluding hydrogens is 741 g/mol. The van der Waals surface area contributed by atoms with Gasteiger partial charge in [0.25, 0.3) is 0 Å². The third-order valence-electron chi connectivity index (χ3n) is 12.1. The molecule has 4 heterocycles. The fraction of sp³-hybridized carbons (Fsp3) is 0. The van der Waals surface area contributed by atoms with Crippen LogP contribution in [0, 0.1) is 0 Å². The zero-order chi connectivity index (χ0) is 37.9. The number of hydrogen-bond acceptors (Lipinski definition) is 2. The van der Waals surface area contributed by atoms with Crippen molar-refractivity contribution in [1.82, 2.24) is 9.13 Å². The van der Waals surface area contributed by atoms with Crippen molar-refractivity contribution in [3.8, 4) is 33.6 Å². The zero-order valence-corrected chi connectivity index (χ0v) is 32.8. The number of thiophene rings is 2. The highest BCUT2D eigenvalue weighted by Crippen LogP contribution is 2.46. The molecule has 0 aliphatic rings. The molecule has 0 spiro atoms. The number of rotatable bonds is 4. The summed E-state index contributed by atoms with van der Waals surface area (Å²) in [5.74, 6) is 0. The lowest BCUT2D eigenvalue weighted by atomic mass is 9.98. The predicted octanol–water partition coefficient (Wildman–Crippen LogP) is 16.0. The van der Waals surface area contributed by atoms with Crippen LogP contribution in [0.4, 0.5) is 0 Å². The van der Waals surface area contributed by atoms with Gasteiger partial charge in [0.2, 0.25) is 0 Å². The van der Waals surface area contributed by atoms with Crippen LogP contribution >= 0.6 is 22.7 Å². The first kappa shape index (κ1) is 32.1. The SMILES string of the molecule is c1ccc(-n2c3ccccc3c3c(-c4ccc5c6ccccc6n(-c6cc(-c7ccc8sc9ccccc9c8c7)c7sc8ccccc8c7c6)c5c4)cccc32)cc1. The Morgan fingerprint density at radius 2 is 0.879 bits per heavy atom. The maximum atomic E-state index is 2.51. The summed E-state index contributed by atoms with van der Waals surface area (Å²) < 4.78 is 10.2. The third-order valence-corrected chi connectivity index (χ3v) is 14.5. The molecule has 9 aromatic carbocycles. The van der Waals surface area contributed by atoms with Crippen LogP contribution in [0.1, 0.15) is 0 Å². The van der Waals surface area contributed by atoms with Crippen LogP contribution in [-0.2, 0) is 0 Å². The van der Waals surface area contributed by atoms with Gasteiger partial charge in [-0.2, -0.15) is 0 Å². The maximum absolute atomic E-state index is 2.51. The van der Waals surface area contributed by atoms with Crippen molar-refractivity contribution >= 4 is 107 Å². The molecule has 0 saturated heterocycles. The van der Waals surface area contributed by atoms with E-state index in [-0.39, 0.29) is 0 Å². The Morgan fingerprint density at radius 3 is 1.71 bits per heavy atom. The Hall–Kier alpha value is -6.98. The van der Waals surface area contributed by atoms with Crippen LogP contribution in [0.2, 0.25) is 0 Å². The van der Waals surface area contributed by atoms with Crippen molar-refractivity contribution < 1.29 is 0 Å². The van der Waals surface area contributed by atoms with E-state index in [4.69, 9.17) is 0 Å². The molecule has 0 radical (unpaired) electrons. The highest BCUT2D eigenvalue weighted by Gasteiger charge is 2.20. The van der Waals surface area contributed by atoms with E-state index in [0.29, 0.717) is 0 Å². The molecule has 0 N–H and O–H groups in total. The monoisotopic (exact) mass is 772 g/mol. The Labute approximate surface area is 341 Å². The van der Waals surface area contributed by atoms with E-state index in [1.807, 2.05) is 22.7 Å². The average molecular weight is 773 g/mol. The molecule has 0 aliphatic heterocycles. The zero-order valence-electron chi connectivity index (χ0n) is 31.2. The van der Waals surface area contributed by atoms with E-state index in [1.54, 1.807) is 0 Å². The molecule has 58 heavy (non-hydrogen) atoms. The molecule has 4 aromatic heterocycles. The van der Waals surface area contributed by atoms with Crippen molar-refractivity contribution in [3.05, 3.63) is 194 Å². The van der Waals surface area contributed by atoms with Crippen LogP contribution in [0.25, 0.3) is 118 Å². The van der Waals surface area contributed by atoms with E-state index in [1.165, 1.54) is 118 Å². The third kappa shape index (κ3) is 4.58. The number of hydrogen-bond donors (Lipinski definition) is 0. The minimum Gasteiger partial charge on any atom is -0.309 e. The highest BCUT2D eigenvalue weighted by atomic mass is 32.1. The minimum atomic E-state index is 1.17. The number of aromatic nitrogens is 2. The summed E-state index contributed by atoms with van der Waals surface area (Å²) in [6, 6.07) is 72.0. The summed E-state index contributed by atoms with van der Waals surface area (Å²) in [5.41, 5.74) is 12.1. The Bertz CT molecular complexity index is 3800. The molecule has 0 unspecified atom stereocenters. The minimum absolute atomic E-state index is 1.17. The molecule has 270 valence electrons. The first-order valence-electron chi connectivity index (χ1n) is 19.8. The smallest absolute Gasteiger partial charge is 0.0547 e. The summed E-state index contributed by atoms with van der Waals surface area (Å²) in [6.07, 6.45) is 0. The van der Waals surface area contributed by atoms with Crippen molar-refractivity contribution in [2.75, 3.05) is 0 Å². The normalized spacial score (nSPS) is 12.1. The molecule has 4 heteroatoms. The van der Waals surface area contributed by atoms with Gasteiger partial charge in [0.15, 0.2) is 0 Å². The van der Waals surface area contributed by atoms with Crippen molar-refractivity contribution in [2.24, 2.45) is 0 Å². The molecule has 0 atom stereocenters. The molecule has 0 aliphatic carbocycles. The van der Waals surface area contributed by atoms with Crippen molar-refractivity contribution in [3.63, 3.8) is 0 Å². The summed E-state index contributed by atoms with van der Waals surface area (Å²) >= 11 is 3.78. The lowest BCUT2D eigenvalue weighted by molar-refractivity contribution is 1.18. The average Bonchev–Trinajstić information content (AvgIpc) is 4.03. The summed E-state index contributed by atoms with van der Waals surface area (Å²) in [6.45, 7) is 0. The number of para-hydroxylation sites is 3. The van der Waals surface area contributed by atoms with Gasteiger partial charge < -0.3 is 9.13 Å². The largest absolute Gasteiger partial charge is 0.309 e. The second kappa shape index (κ2) is 12.3. The molecule has 2 nitrogen and oxygen atoms in total. The van der Waals surface area contributed by atoms with Crippen LogP contribution in [-0.4, -0.2) is 9.13 Å². The summed E-state index contributed by atoms with van der Waals surface area (Å²) in [4.78, 5) is 0. The fourth-order valence-electron chi connectivity index (χ4n) is 9.58. The van der Waals surface area contributed by atoms with Gasteiger partial charge in [-0.3, -0.25) is 0 Å². The molecular formula is C54H32N2S2. The molecule has 0 amide bonds. The van der Waals surface area contributed by atoms with Gasteiger partial charge >= 0.3 is 0 Å². The van der Waals surface area contributed by atoms with Gasteiger partial charge in [0.1, 0.15) is 0 Å². The second-order valence-electron chi connectivity index (χ2n) is 15.2. The molecule has 0 saturated carbocycles. The van der Waals surface area contributed by atoms with E-state index in [0.717, 1.165) is 0 Å². The highest BCUT2D eigenvalue weighted by molar-refractivity contribution is 7.26. The maximum Gasteiger partial charge on any atom is 0.0547 e. The Morgan fingerprint density at radius 1 is 0.293 bits per heavy atom. The van der Waals surface area contributed by atoms with Gasteiger partial charge in [-0.1, -0.05) is 121 Å². The van der Waals surface area contributed by atoms with Crippen LogP contribution in [0.5, 0.6) is 0 Å². The van der Waals surface area contributed by atoms with Crippen LogP contribution < -0.4 is 0 Å². The fourth-order valence-corrected chi connectivity index (χ4v) is 11.9. The molecule has 0 bridgehead atoms. The van der Waals surface area contributed by atoms with Gasteiger partial charge in [0, 0.05) is 78.8 Å². The molecule has 13 rings (SSSR count). The quantitative estimate of drug-likeness (QED) is 0.169.